The highest BCUT2D eigenvalue weighted by Gasteiger charge is 2.33. The van der Waals surface area contributed by atoms with E-state index in [2.05, 4.69) is 10.2 Å². The second kappa shape index (κ2) is 5.24. The number of benzene rings is 1. The third-order valence-electron chi connectivity index (χ3n) is 2.95. The zero-order chi connectivity index (χ0) is 13.2. The van der Waals surface area contributed by atoms with Gasteiger partial charge in [-0.05, 0) is 17.7 Å². The Balaban J connectivity index is 2.08. The number of nitrogens with one attached hydrogen (secondary N) is 1. The quantitative estimate of drug-likeness (QED) is 0.822. The van der Waals surface area contributed by atoms with E-state index in [9.17, 15) is 17.6 Å². The Morgan fingerprint density at radius 1 is 1.17 bits per heavy atom. The van der Waals surface area contributed by atoms with Crippen LogP contribution in [0.25, 0.3) is 0 Å². The van der Waals surface area contributed by atoms with Gasteiger partial charge in [-0.2, -0.15) is 13.2 Å². The number of nitrogens with zero attached hydrogens (tertiary/aromatic N) is 1. The maximum Gasteiger partial charge on any atom is 0.419 e. The second-order valence-electron chi connectivity index (χ2n) is 4.34. The highest BCUT2D eigenvalue weighted by molar-refractivity contribution is 5.26. The van der Waals surface area contributed by atoms with Gasteiger partial charge in [-0.25, -0.2) is 4.39 Å². The molecule has 100 valence electrons. The van der Waals surface area contributed by atoms with Crippen LogP contribution < -0.4 is 5.32 Å². The lowest BCUT2D eigenvalue weighted by Crippen LogP contribution is -2.42. The molecule has 1 heterocycles. The zero-order valence-corrected chi connectivity index (χ0v) is 9.73. The van der Waals surface area contributed by atoms with Crippen molar-refractivity contribution in [2.75, 3.05) is 26.2 Å². The molecule has 1 aromatic rings. The molecule has 18 heavy (non-hydrogen) atoms. The van der Waals surface area contributed by atoms with Crippen molar-refractivity contribution < 1.29 is 17.6 Å². The van der Waals surface area contributed by atoms with Gasteiger partial charge in [-0.15, -0.1) is 0 Å². The van der Waals surface area contributed by atoms with Crippen LogP contribution in [0, 0.1) is 5.82 Å². The van der Waals surface area contributed by atoms with Crippen LogP contribution in [-0.4, -0.2) is 31.1 Å². The Kier molecular flexibility index (Phi) is 3.87. The largest absolute Gasteiger partial charge is 0.419 e. The molecule has 0 atom stereocenters. The Hall–Kier alpha value is -1.14. The monoisotopic (exact) mass is 262 g/mol. The summed E-state index contributed by atoms with van der Waals surface area (Å²) in [5.74, 6) is -1.20. The zero-order valence-electron chi connectivity index (χ0n) is 9.73. The van der Waals surface area contributed by atoms with Crippen LogP contribution in [0.5, 0.6) is 0 Å². The van der Waals surface area contributed by atoms with E-state index >= 15 is 0 Å². The van der Waals surface area contributed by atoms with Crippen LogP contribution in [0.15, 0.2) is 18.2 Å². The molecule has 0 bridgehead atoms. The molecule has 1 aromatic carbocycles. The minimum absolute atomic E-state index is 0.483. The number of halogens is 4. The van der Waals surface area contributed by atoms with Gasteiger partial charge in [0.1, 0.15) is 5.82 Å². The first-order chi connectivity index (χ1) is 8.47. The standard InChI is InChI=1S/C12H14F4N2/c13-11-7-9(1-2-10(11)12(14,15)16)8-18-5-3-17-4-6-18/h1-2,7,17H,3-6,8H2. The van der Waals surface area contributed by atoms with E-state index in [0.717, 1.165) is 38.3 Å². The molecule has 0 aromatic heterocycles. The molecule has 1 aliphatic rings. The van der Waals surface area contributed by atoms with Crippen LogP contribution in [0.4, 0.5) is 17.6 Å². The molecule has 1 saturated heterocycles. The van der Waals surface area contributed by atoms with E-state index in [1.165, 1.54) is 6.07 Å². The van der Waals surface area contributed by atoms with Gasteiger partial charge in [-0.3, -0.25) is 4.90 Å². The predicted octanol–water partition coefficient (Wildman–Crippen LogP) is 2.25. The van der Waals surface area contributed by atoms with E-state index < -0.39 is 17.6 Å². The SMILES string of the molecule is Fc1cc(CN2CCNCC2)ccc1C(F)(F)F. The van der Waals surface area contributed by atoms with Crippen LogP contribution >= 0.6 is 0 Å². The molecule has 1 fully saturated rings. The first-order valence-electron chi connectivity index (χ1n) is 5.75. The normalized spacial score (nSPS) is 18.0. The lowest BCUT2D eigenvalue weighted by molar-refractivity contribution is -0.140. The van der Waals surface area contributed by atoms with Gasteiger partial charge in [0.15, 0.2) is 0 Å². The summed E-state index contributed by atoms with van der Waals surface area (Å²) in [6.45, 7) is 3.83. The van der Waals surface area contributed by atoms with E-state index in [1.54, 1.807) is 0 Å². The third kappa shape index (κ3) is 3.20. The molecule has 0 spiro atoms. The van der Waals surface area contributed by atoms with Crippen molar-refractivity contribution >= 4 is 0 Å². The maximum absolute atomic E-state index is 13.3. The summed E-state index contributed by atoms with van der Waals surface area (Å²) in [7, 11) is 0. The number of alkyl halides is 3. The highest BCUT2D eigenvalue weighted by atomic mass is 19.4. The van der Waals surface area contributed by atoms with E-state index in [4.69, 9.17) is 0 Å². The molecular formula is C12H14F4N2. The summed E-state index contributed by atoms with van der Waals surface area (Å²) in [5.41, 5.74) is -0.631. The molecular weight excluding hydrogens is 248 g/mol. The lowest BCUT2D eigenvalue weighted by Gasteiger charge is -2.27. The summed E-state index contributed by atoms with van der Waals surface area (Å²) in [6, 6.07) is 3.13. The van der Waals surface area contributed by atoms with Gasteiger partial charge < -0.3 is 5.32 Å². The molecule has 6 heteroatoms. The van der Waals surface area contributed by atoms with Gasteiger partial charge in [0.2, 0.25) is 0 Å². The molecule has 0 radical (unpaired) electrons. The average Bonchev–Trinajstić information content (AvgIpc) is 2.28. The maximum atomic E-state index is 13.3. The van der Waals surface area contributed by atoms with E-state index in [0.29, 0.717) is 12.1 Å². The second-order valence-corrected chi connectivity index (χ2v) is 4.34. The van der Waals surface area contributed by atoms with Crippen LogP contribution in [0.2, 0.25) is 0 Å². The third-order valence-corrected chi connectivity index (χ3v) is 2.95. The summed E-state index contributed by atoms with van der Waals surface area (Å²) < 4.78 is 50.5. The average molecular weight is 262 g/mol. The van der Waals surface area contributed by atoms with Gasteiger partial charge in [0, 0.05) is 32.7 Å². The number of rotatable bonds is 2. The van der Waals surface area contributed by atoms with Crippen molar-refractivity contribution in [1.82, 2.24) is 10.2 Å². The molecule has 0 unspecified atom stereocenters. The number of hydrogen-bond acceptors (Lipinski definition) is 2. The highest BCUT2D eigenvalue weighted by Crippen LogP contribution is 2.31. The summed E-state index contributed by atoms with van der Waals surface area (Å²) in [4.78, 5) is 2.08. The molecule has 1 N–H and O–H groups in total. The summed E-state index contributed by atoms with van der Waals surface area (Å²) >= 11 is 0. The topological polar surface area (TPSA) is 15.3 Å². The first-order valence-corrected chi connectivity index (χ1v) is 5.75. The molecule has 0 amide bonds. The molecule has 0 aliphatic carbocycles. The van der Waals surface area contributed by atoms with Gasteiger partial charge in [0.25, 0.3) is 0 Å². The van der Waals surface area contributed by atoms with Crippen molar-refractivity contribution in [2.45, 2.75) is 12.7 Å². The van der Waals surface area contributed by atoms with E-state index in [-0.39, 0.29) is 0 Å². The summed E-state index contributed by atoms with van der Waals surface area (Å²) in [6.07, 6.45) is -4.63. The Morgan fingerprint density at radius 2 is 1.83 bits per heavy atom. The number of hydrogen-bond donors (Lipinski definition) is 1. The van der Waals surface area contributed by atoms with Crippen LogP contribution in [0.3, 0.4) is 0 Å². The van der Waals surface area contributed by atoms with Crippen LogP contribution in [-0.2, 0) is 12.7 Å². The molecule has 0 saturated carbocycles. The van der Waals surface area contributed by atoms with Gasteiger partial charge in [0.05, 0.1) is 5.56 Å². The first kappa shape index (κ1) is 13.3. The summed E-state index contributed by atoms with van der Waals surface area (Å²) in [5, 5.41) is 3.18. The van der Waals surface area contributed by atoms with Crippen molar-refractivity contribution in [3.63, 3.8) is 0 Å². The van der Waals surface area contributed by atoms with E-state index in [1.807, 2.05) is 0 Å². The minimum Gasteiger partial charge on any atom is -0.314 e. The fourth-order valence-electron chi connectivity index (χ4n) is 2.01. The van der Waals surface area contributed by atoms with Crippen molar-refractivity contribution in [1.29, 1.82) is 0 Å². The molecule has 2 nitrogen and oxygen atoms in total. The lowest BCUT2D eigenvalue weighted by atomic mass is 10.1. The Labute approximate surface area is 103 Å². The smallest absolute Gasteiger partial charge is 0.314 e. The van der Waals surface area contributed by atoms with Gasteiger partial charge in [-0.1, -0.05) is 6.07 Å². The van der Waals surface area contributed by atoms with Crippen molar-refractivity contribution in [3.05, 3.63) is 35.1 Å². The fraction of sp³-hybridized carbons (Fsp3) is 0.500. The predicted molar refractivity (Wildman–Crippen MR) is 59.5 cm³/mol. The van der Waals surface area contributed by atoms with Gasteiger partial charge >= 0.3 is 6.18 Å². The fourth-order valence-corrected chi connectivity index (χ4v) is 2.01. The Morgan fingerprint density at radius 3 is 2.39 bits per heavy atom. The molecule has 1 aliphatic heterocycles. The molecule has 2 rings (SSSR count). The Bertz CT molecular complexity index is 411. The van der Waals surface area contributed by atoms with Crippen molar-refractivity contribution in [3.8, 4) is 0 Å². The minimum atomic E-state index is -4.63. The van der Waals surface area contributed by atoms with Crippen LogP contribution in [0.1, 0.15) is 11.1 Å². The number of piperazine rings is 1. The van der Waals surface area contributed by atoms with Crippen molar-refractivity contribution in [2.24, 2.45) is 0 Å².